The van der Waals surface area contributed by atoms with Gasteiger partial charge >= 0.3 is 0 Å². The number of rotatable bonds is 10. The van der Waals surface area contributed by atoms with E-state index in [9.17, 15) is 0 Å². The minimum absolute atomic E-state index is 0.640. The van der Waals surface area contributed by atoms with Gasteiger partial charge in [-0.15, -0.1) is 0 Å². The Labute approximate surface area is 167 Å². The van der Waals surface area contributed by atoms with Gasteiger partial charge in [0.25, 0.3) is 0 Å². The Morgan fingerprint density at radius 2 is 1.84 bits per heavy atom. The molecule has 25 heavy (non-hydrogen) atoms. The fourth-order valence-electron chi connectivity index (χ4n) is 2.56. The molecule has 0 radical (unpaired) electrons. The second-order valence-electron chi connectivity index (χ2n) is 5.69. The van der Waals surface area contributed by atoms with Gasteiger partial charge in [0, 0.05) is 19.3 Å². The molecule has 0 unspecified atom stereocenters. The number of nitrogens with zero attached hydrogens (tertiary/aromatic N) is 3. The number of hydrogen-bond donors (Lipinski definition) is 1. The fourth-order valence-corrected chi connectivity index (χ4v) is 4.07. The van der Waals surface area contributed by atoms with Gasteiger partial charge in [-0.1, -0.05) is 13.8 Å². The van der Waals surface area contributed by atoms with Gasteiger partial charge in [-0.2, -0.15) is 5.10 Å². The zero-order chi connectivity index (χ0) is 18.2. The molecule has 0 saturated heterocycles. The minimum atomic E-state index is 0.640. The number of aromatic nitrogens is 2. The molecular weight excluding hydrogens is 448 g/mol. The van der Waals surface area contributed by atoms with Crippen LogP contribution >= 0.6 is 31.9 Å². The van der Waals surface area contributed by atoms with Crippen molar-refractivity contribution in [1.29, 1.82) is 0 Å². The first-order valence-electron chi connectivity index (χ1n) is 8.66. The molecule has 1 N–H and O–H groups in total. The molecular formula is C18H26Br2N4O. The van der Waals surface area contributed by atoms with Crippen LogP contribution in [0.5, 0.6) is 5.75 Å². The SMILES string of the molecule is CCOc1c(Br)cc(CNc2cnn(CCN(CC)CC)c2)cc1Br. The maximum atomic E-state index is 5.62. The van der Waals surface area contributed by atoms with Crippen LogP contribution in [0.2, 0.25) is 0 Å². The van der Waals surface area contributed by atoms with Gasteiger partial charge in [0.05, 0.1) is 34.0 Å². The van der Waals surface area contributed by atoms with Crippen LogP contribution in [0.4, 0.5) is 5.69 Å². The monoisotopic (exact) mass is 472 g/mol. The lowest BCUT2D eigenvalue weighted by molar-refractivity contribution is 0.285. The Balaban J connectivity index is 1.91. The fraction of sp³-hybridized carbons (Fsp3) is 0.500. The first-order chi connectivity index (χ1) is 12.1. The Morgan fingerprint density at radius 3 is 2.44 bits per heavy atom. The quantitative estimate of drug-likeness (QED) is 0.540. The molecule has 0 saturated carbocycles. The van der Waals surface area contributed by atoms with Crippen LogP contribution in [-0.4, -0.2) is 40.9 Å². The Kier molecular flexibility index (Phi) is 8.26. The van der Waals surface area contributed by atoms with E-state index in [0.29, 0.717) is 6.61 Å². The summed E-state index contributed by atoms with van der Waals surface area (Å²) in [7, 11) is 0. The lowest BCUT2D eigenvalue weighted by atomic mass is 10.2. The summed E-state index contributed by atoms with van der Waals surface area (Å²) < 4.78 is 9.52. The third-order valence-electron chi connectivity index (χ3n) is 4.02. The molecule has 1 aromatic heterocycles. The lowest BCUT2D eigenvalue weighted by Gasteiger charge is -2.17. The van der Waals surface area contributed by atoms with Gasteiger partial charge in [0.15, 0.2) is 0 Å². The maximum absolute atomic E-state index is 5.62. The summed E-state index contributed by atoms with van der Waals surface area (Å²) in [6.45, 7) is 11.8. The van der Waals surface area contributed by atoms with Crippen molar-refractivity contribution in [1.82, 2.24) is 14.7 Å². The van der Waals surface area contributed by atoms with Crippen molar-refractivity contribution in [2.75, 3.05) is 31.6 Å². The Morgan fingerprint density at radius 1 is 1.16 bits per heavy atom. The van der Waals surface area contributed by atoms with Gasteiger partial charge < -0.3 is 15.0 Å². The topological polar surface area (TPSA) is 42.3 Å². The van der Waals surface area contributed by atoms with E-state index in [1.807, 2.05) is 17.8 Å². The van der Waals surface area contributed by atoms with Crippen LogP contribution in [0.25, 0.3) is 0 Å². The molecule has 2 rings (SSSR count). The van der Waals surface area contributed by atoms with Crippen LogP contribution in [0.3, 0.4) is 0 Å². The molecule has 7 heteroatoms. The smallest absolute Gasteiger partial charge is 0.147 e. The average molecular weight is 474 g/mol. The minimum Gasteiger partial charge on any atom is -0.492 e. The second kappa shape index (κ2) is 10.2. The summed E-state index contributed by atoms with van der Waals surface area (Å²) in [4.78, 5) is 2.39. The van der Waals surface area contributed by atoms with Crippen molar-refractivity contribution in [3.63, 3.8) is 0 Å². The molecule has 1 aromatic carbocycles. The van der Waals surface area contributed by atoms with Gasteiger partial charge in [-0.05, 0) is 69.6 Å². The summed E-state index contributed by atoms with van der Waals surface area (Å²) in [5, 5.41) is 7.86. The molecule has 0 spiro atoms. The van der Waals surface area contributed by atoms with Crippen molar-refractivity contribution in [3.8, 4) is 5.75 Å². The first-order valence-corrected chi connectivity index (χ1v) is 10.2. The van der Waals surface area contributed by atoms with Crippen LogP contribution < -0.4 is 10.1 Å². The van der Waals surface area contributed by atoms with Crippen molar-refractivity contribution in [2.45, 2.75) is 33.9 Å². The summed E-state index contributed by atoms with van der Waals surface area (Å²) in [5.41, 5.74) is 2.19. The first kappa shape index (κ1) is 20.3. The van der Waals surface area contributed by atoms with Crippen molar-refractivity contribution in [2.24, 2.45) is 0 Å². The molecule has 0 aliphatic rings. The molecule has 0 aliphatic carbocycles. The molecule has 0 atom stereocenters. The molecule has 0 aliphatic heterocycles. The highest BCUT2D eigenvalue weighted by atomic mass is 79.9. The highest BCUT2D eigenvalue weighted by Gasteiger charge is 2.09. The van der Waals surface area contributed by atoms with Crippen molar-refractivity contribution in [3.05, 3.63) is 39.0 Å². The maximum Gasteiger partial charge on any atom is 0.147 e. The standard InChI is InChI=1S/C18H26Br2N4O/c1-4-23(5-2)7-8-24-13-15(12-22-24)21-11-14-9-16(19)18(25-6-3)17(20)10-14/h9-10,12-13,21H,4-8,11H2,1-3H3. The zero-order valence-electron chi connectivity index (χ0n) is 15.1. The van der Waals surface area contributed by atoms with E-state index in [0.717, 1.165) is 58.7 Å². The normalized spacial score (nSPS) is 11.1. The van der Waals surface area contributed by atoms with Gasteiger partial charge in [0.1, 0.15) is 5.75 Å². The highest BCUT2D eigenvalue weighted by molar-refractivity contribution is 9.11. The highest BCUT2D eigenvalue weighted by Crippen LogP contribution is 2.34. The van der Waals surface area contributed by atoms with E-state index in [-0.39, 0.29) is 0 Å². The van der Waals surface area contributed by atoms with Crippen LogP contribution in [0.15, 0.2) is 33.5 Å². The van der Waals surface area contributed by atoms with E-state index in [4.69, 9.17) is 4.74 Å². The van der Waals surface area contributed by atoms with Gasteiger partial charge in [0.2, 0.25) is 0 Å². The summed E-state index contributed by atoms with van der Waals surface area (Å²) in [6.07, 6.45) is 3.93. The van der Waals surface area contributed by atoms with E-state index in [2.05, 4.69) is 79.4 Å². The van der Waals surface area contributed by atoms with Gasteiger partial charge in [-0.3, -0.25) is 4.68 Å². The molecule has 2 aromatic rings. The van der Waals surface area contributed by atoms with E-state index >= 15 is 0 Å². The molecule has 1 heterocycles. The average Bonchev–Trinajstić information content (AvgIpc) is 3.05. The van der Waals surface area contributed by atoms with E-state index < -0.39 is 0 Å². The number of benzene rings is 1. The second-order valence-corrected chi connectivity index (χ2v) is 7.40. The number of ether oxygens (including phenoxy) is 1. The van der Waals surface area contributed by atoms with Crippen molar-refractivity contribution < 1.29 is 4.74 Å². The van der Waals surface area contributed by atoms with Crippen LogP contribution in [0.1, 0.15) is 26.3 Å². The number of hydrogen-bond acceptors (Lipinski definition) is 4. The molecule has 5 nitrogen and oxygen atoms in total. The molecule has 0 bridgehead atoms. The largest absolute Gasteiger partial charge is 0.492 e. The lowest BCUT2D eigenvalue weighted by Crippen LogP contribution is -2.27. The summed E-state index contributed by atoms with van der Waals surface area (Å²) in [5.74, 6) is 0.843. The summed E-state index contributed by atoms with van der Waals surface area (Å²) in [6, 6.07) is 4.15. The number of halogens is 2. The predicted octanol–water partition coefficient (Wildman–Crippen LogP) is 4.76. The Bertz CT molecular complexity index is 648. The summed E-state index contributed by atoms with van der Waals surface area (Å²) >= 11 is 7.15. The molecule has 138 valence electrons. The van der Waals surface area contributed by atoms with Crippen LogP contribution in [0, 0.1) is 0 Å². The van der Waals surface area contributed by atoms with Gasteiger partial charge in [-0.25, -0.2) is 0 Å². The Hall–Kier alpha value is -1.05. The number of anilines is 1. The number of likely N-dealkylation sites (N-methyl/N-ethyl adjacent to an activating group) is 1. The third-order valence-corrected chi connectivity index (χ3v) is 5.19. The van der Waals surface area contributed by atoms with E-state index in [1.54, 1.807) is 0 Å². The third kappa shape index (κ3) is 6.01. The number of nitrogens with one attached hydrogen (secondary N) is 1. The zero-order valence-corrected chi connectivity index (χ0v) is 18.2. The van der Waals surface area contributed by atoms with E-state index in [1.165, 1.54) is 0 Å². The van der Waals surface area contributed by atoms with Crippen molar-refractivity contribution >= 4 is 37.5 Å². The predicted molar refractivity (Wildman–Crippen MR) is 110 cm³/mol. The van der Waals surface area contributed by atoms with Crippen LogP contribution in [-0.2, 0) is 13.1 Å². The molecule has 0 amide bonds. The molecule has 0 fully saturated rings.